The molecular formula is C33H31F7N6O5. The van der Waals surface area contributed by atoms with Gasteiger partial charge in [0.15, 0.2) is 11.6 Å². The number of H-pyrrole nitrogens is 1. The van der Waals surface area contributed by atoms with Crippen LogP contribution >= 0.6 is 0 Å². The number of hydrogen-bond donors (Lipinski definition) is 5. The second kappa shape index (κ2) is 16.6. The number of nitrogens with one attached hydrogen (secondary N) is 2. The maximum Gasteiger partial charge on any atom is 0.490 e. The van der Waals surface area contributed by atoms with Gasteiger partial charge in [0.05, 0.1) is 18.5 Å². The minimum Gasteiger partial charge on any atom is -0.491 e. The number of aryl methyl sites for hydroxylation is 2. The van der Waals surface area contributed by atoms with Gasteiger partial charge in [0, 0.05) is 40.8 Å². The van der Waals surface area contributed by atoms with Crippen molar-refractivity contribution in [2.24, 2.45) is 0 Å². The highest BCUT2D eigenvalue weighted by atomic mass is 19.4. The first kappa shape index (κ1) is 39.5. The average Bonchev–Trinajstić information content (AvgIpc) is 3.54. The topological polar surface area (TPSA) is 176 Å². The zero-order chi connectivity index (χ0) is 38.1. The number of hydrogen-bond acceptors (Lipinski definition) is 8. The number of aromatic nitrogens is 4. The molecule has 6 N–H and O–H groups in total. The number of nitrogens with zero attached hydrogens (tertiary/aromatic N) is 3. The maximum atomic E-state index is 15.9. The molecule has 0 aliphatic rings. The van der Waals surface area contributed by atoms with Gasteiger partial charge in [-0.15, -0.1) is 0 Å². The van der Waals surface area contributed by atoms with Gasteiger partial charge >= 0.3 is 24.3 Å². The molecule has 0 saturated carbocycles. The average molecular weight is 725 g/mol. The van der Waals surface area contributed by atoms with E-state index in [1.54, 1.807) is 30.9 Å². The predicted molar refractivity (Wildman–Crippen MR) is 173 cm³/mol. The van der Waals surface area contributed by atoms with Crippen LogP contribution in [0.1, 0.15) is 42.4 Å². The summed E-state index contributed by atoms with van der Waals surface area (Å²) in [7, 11) is 0. The molecule has 51 heavy (non-hydrogen) atoms. The Labute approximate surface area is 285 Å². The number of carboxylic acids is 2. The highest BCUT2D eigenvalue weighted by Crippen LogP contribution is 2.35. The van der Waals surface area contributed by atoms with Crippen molar-refractivity contribution in [2.75, 3.05) is 17.7 Å². The van der Waals surface area contributed by atoms with E-state index in [0.717, 1.165) is 45.3 Å². The monoisotopic (exact) mass is 724 g/mol. The molecule has 3 aromatic heterocycles. The van der Waals surface area contributed by atoms with Gasteiger partial charge in [-0.3, -0.25) is 4.98 Å². The Hall–Kier alpha value is -5.94. The van der Waals surface area contributed by atoms with Gasteiger partial charge in [0.2, 0.25) is 0 Å². The summed E-state index contributed by atoms with van der Waals surface area (Å²) < 4.78 is 85.0. The number of aromatic amines is 1. The number of fused-ring (bicyclic) bond motifs is 1. The predicted octanol–water partition coefficient (Wildman–Crippen LogP) is 7.48. The van der Waals surface area contributed by atoms with E-state index in [0.29, 0.717) is 23.8 Å². The van der Waals surface area contributed by atoms with Crippen molar-refractivity contribution in [2.45, 2.75) is 45.6 Å². The van der Waals surface area contributed by atoms with Crippen LogP contribution < -0.4 is 15.8 Å². The van der Waals surface area contributed by atoms with E-state index in [2.05, 4.69) is 25.3 Å². The van der Waals surface area contributed by atoms with Crippen LogP contribution in [0, 0.1) is 12.7 Å². The molecule has 1 unspecified atom stereocenters. The Morgan fingerprint density at radius 2 is 1.59 bits per heavy atom. The zero-order valence-electron chi connectivity index (χ0n) is 27.0. The quantitative estimate of drug-likeness (QED) is 0.101. The summed E-state index contributed by atoms with van der Waals surface area (Å²) >= 11 is 0. The van der Waals surface area contributed by atoms with Gasteiger partial charge < -0.3 is 31.0 Å². The third kappa shape index (κ3) is 10.5. The molecule has 5 rings (SSSR count). The first-order valence-electron chi connectivity index (χ1n) is 14.8. The second-order valence-electron chi connectivity index (χ2n) is 10.5. The van der Waals surface area contributed by atoms with Crippen LogP contribution in [0.15, 0.2) is 67.3 Å². The molecule has 0 aliphatic heterocycles. The molecule has 0 aliphatic carbocycles. The third-order valence-electron chi connectivity index (χ3n) is 6.94. The molecule has 0 amide bonds. The van der Waals surface area contributed by atoms with Crippen molar-refractivity contribution in [3.05, 3.63) is 95.6 Å². The van der Waals surface area contributed by atoms with Crippen molar-refractivity contribution in [3.8, 4) is 17.0 Å². The minimum absolute atomic E-state index is 0.232. The van der Waals surface area contributed by atoms with Crippen LogP contribution in [0.25, 0.3) is 22.0 Å². The van der Waals surface area contributed by atoms with Crippen molar-refractivity contribution >= 4 is 34.2 Å². The number of ether oxygens (including phenoxy) is 1. The lowest BCUT2D eigenvalue weighted by molar-refractivity contribution is -0.193. The lowest BCUT2D eigenvalue weighted by Crippen LogP contribution is -2.21. The molecule has 0 bridgehead atoms. The molecule has 5 aromatic rings. The first-order chi connectivity index (χ1) is 23.9. The number of carboxylic acid groups (broad SMARTS) is 2. The standard InChI is InChI=1S/C29H29FN6O.2C2HF3O2/c1-4-18-12-22(26(30)25(13-18)37-5-2)27(29-34-16-24(36-29)23-15-32-10-8-17(23)3)35-20-6-7-21-19(14-20)9-11-33-28(21)31;2*3-2(4,5)1(6)7/h6-16,27,35H,4-5H2,1-3H3,(H2,31,33)(H,34,36);2*(H,6,7). The number of benzene rings is 2. The van der Waals surface area contributed by atoms with Crippen molar-refractivity contribution in [1.29, 1.82) is 0 Å². The minimum atomic E-state index is -5.08. The highest BCUT2D eigenvalue weighted by molar-refractivity contribution is 5.93. The van der Waals surface area contributed by atoms with Crippen molar-refractivity contribution in [1.82, 2.24) is 19.9 Å². The number of alkyl halides is 6. The number of nitrogen functional groups attached to an aromatic ring is 1. The van der Waals surface area contributed by atoms with Crippen molar-refractivity contribution < 1.29 is 55.3 Å². The van der Waals surface area contributed by atoms with E-state index in [4.69, 9.17) is 30.3 Å². The number of carbonyl (C=O) groups is 2. The maximum absolute atomic E-state index is 15.9. The van der Waals surface area contributed by atoms with Gasteiger partial charge in [0.1, 0.15) is 17.7 Å². The molecule has 0 spiro atoms. The van der Waals surface area contributed by atoms with Crippen LogP contribution in [-0.2, 0) is 16.0 Å². The van der Waals surface area contributed by atoms with Gasteiger partial charge in [-0.05, 0) is 73.2 Å². The Balaban J connectivity index is 0.000000424. The fraction of sp³-hybridized carbons (Fsp3) is 0.242. The molecule has 3 heterocycles. The molecule has 18 heteroatoms. The number of pyridine rings is 2. The summed E-state index contributed by atoms with van der Waals surface area (Å²) in [6, 6.07) is 12.6. The lowest BCUT2D eigenvalue weighted by Gasteiger charge is -2.22. The first-order valence-corrected chi connectivity index (χ1v) is 14.8. The number of halogens is 7. The largest absolute Gasteiger partial charge is 0.491 e. The Bertz CT molecular complexity index is 1960. The third-order valence-corrected chi connectivity index (χ3v) is 6.94. The number of anilines is 2. The van der Waals surface area contributed by atoms with Crippen LogP contribution in [0.5, 0.6) is 5.75 Å². The normalized spacial score (nSPS) is 11.8. The number of aliphatic carboxylic acids is 2. The Kier molecular flexibility index (Phi) is 12.9. The number of imidazole rings is 1. The van der Waals surface area contributed by atoms with Gasteiger partial charge in [-0.2, -0.15) is 26.3 Å². The summed E-state index contributed by atoms with van der Waals surface area (Å²) in [5, 5.41) is 19.5. The summed E-state index contributed by atoms with van der Waals surface area (Å²) in [5.74, 6) is -4.66. The SMILES string of the molecule is CCOc1cc(CC)cc(C(Nc2ccc3c(N)nccc3c2)c2ncc(-c3cnccc3C)[nH]2)c1F.O=C(O)C(F)(F)F.O=C(O)C(F)(F)F. The van der Waals surface area contributed by atoms with Gasteiger partial charge in [-0.25, -0.2) is 23.9 Å². The van der Waals surface area contributed by atoms with E-state index in [-0.39, 0.29) is 5.75 Å². The summed E-state index contributed by atoms with van der Waals surface area (Å²) in [6.45, 7) is 6.26. The van der Waals surface area contributed by atoms with E-state index in [1.165, 1.54) is 0 Å². The van der Waals surface area contributed by atoms with Crippen LogP contribution in [0.4, 0.5) is 42.2 Å². The fourth-order valence-corrected chi connectivity index (χ4v) is 4.47. The van der Waals surface area contributed by atoms with Crippen LogP contribution in [0.3, 0.4) is 0 Å². The Morgan fingerprint density at radius 1 is 0.941 bits per heavy atom. The second-order valence-corrected chi connectivity index (χ2v) is 10.5. The van der Waals surface area contributed by atoms with E-state index < -0.39 is 36.2 Å². The lowest BCUT2D eigenvalue weighted by atomic mass is 9.99. The van der Waals surface area contributed by atoms with E-state index >= 15 is 4.39 Å². The molecule has 1 atom stereocenters. The van der Waals surface area contributed by atoms with E-state index in [1.807, 2.05) is 57.2 Å². The summed E-state index contributed by atoms with van der Waals surface area (Å²) in [5.41, 5.74) is 11.1. The summed E-state index contributed by atoms with van der Waals surface area (Å²) in [6.07, 6.45) is -2.45. The number of rotatable bonds is 8. The zero-order valence-corrected chi connectivity index (χ0v) is 27.0. The summed E-state index contributed by atoms with van der Waals surface area (Å²) in [4.78, 5) is 34.3. The van der Waals surface area contributed by atoms with E-state index in [9.17, 15) is 26.3 Å². The molecule has 272 valence electrons. The molecule has 11 nitrogen and oxygen atoms in total. The van der Waals surface area contributed by atoms with Crippen LogP contribution in [-0.4, -0.2) is 61.0 Å². The van der Waals surface area contributed by atoms with Crippen LogP contribution in [0.2, 0.25) is 0 Å². The van der Waals surface area contributed by atoms with Crippen molar-refractivity contribution in [3.63, 3.8) is 0 Å². The molecule has 2 aromatic carbocycles. The smallest absolute Gasteiger partial charge is 0.490 e. The number of nitrogens with two attached hydrogens (primary N) is 1. The molecule has 0 saturated heterocycles. The Morgan fingerprint density at radius 3 is 2.16 bits per heavy atom. The highest BCUT2D eigenvalue weighted by Gasteiger charge is 2.39. The van der Waals surface area contributed by atoms with Gasteiger partial charge in [0.25, 0.3) is 0 Å². The molecule has 0 radical (unpaired) electrons. The van der Waals surface area contributed by atoms with Gasteiger partial charge in [-0.1, -0.05) is 13.0 Å². The fourth-order valence-electron chi connectivity index (χ4n) is 4.47. The molecular weight excluding hydrogens is 693 g/mol. The molecule has 0 fully saturated rings.